The maximum absolute atomic E-state index is 11.5. The van der Waals surface area contributed by atoms with E-state index < -0.39 is 12.4 Å². The number of hydrogen-bond donors (Lipinski definition) is 0. The van der Waals surface area contributed by atoms with Gasteiger partial charge >= 0.3 is 11.9 Å². The molecule has 0 N–H and O–H groups in total. The van der Waals surface area contributed by atoms with Crippen LogP contribution in [0.3, 0.4) is 0 Å². The summed E-state index contributed by atoms with van der Waals surface area (Å²) in [5.41, 5.74) is 1.12. The summed E-state index contributed by atoms with van der Waals surface area (Å²) in [5.74, 6) is -0.142. The molecule has 6 nitrogen and oxygen atoms in total. The Morgan fingerprint density at radius 1 is 1.08 bits per heavy atom. The van der Waals surface area contributed by atoms with Crippen LogP contribution in [0.15, 0.2) is 24.3 Å². The monoisotopic (exact) mass is 428 g/mol. The number of carbonyl (C=O) groups excluding carboxylic acids is 2. The van der Waals surface area contributed by atoms with E-state index in [2.05, 4.69) is 15.9 Å². The molecule has 5 atom stereocenters. The van der Waals surface area contributed by atoms with Crippen molar-refractivity contribution in [3.8, 4) is 5.75 Å². The SMILES string of the molecule is CC(=O)OCC1OC(Oc2ccc(CBr)cc2)C(OC(C)=O)C(C)C1C. The van der Waals surface area contributed by atoms with Gasteiger partial charge in [-0.05, 0) is 23.6 Å². The molecule has 1 aromatic rings. The fourth-order valence-electron chi connectivity index (χ4n) is 2.89. The lowest BCUT2D eigenvalue weighted by Crippen LogP contribution is -2.54. The van der Waals surface area contributed by atoms with Gasteiger partial charge < -0.3 is 18.9 Å². The summed E-state index contributed by atoms with van der Waals surface area (Å²) in [6, 6.07) is 7.56. The summed E-state index contributed by atoms with van der Waals surface area (Å²) in [6.45, 7) is 6.82. The number of carbonyl (C=O) groups is 2. The number of esters is 2. The Morgan fingerprint density at radius 2 is 1.73 bits per heavy atom. The van der Waals surface area contributed by atoms with E-state index in [1.165, 1.54) is 13.8 Å². The lowest BCUT2D eigenvalue weighted by atomic mass is 9.83. The van der Waals surface area contributed by atoms with Crippen molar-refractivity contribution in [2.75, 3.05) is 6.61 Å². The van der Waals surface area contributed by atoms with E-state index >= 15 is 0 Å². The molecule has 1 fully saturated rings. The van der Waals surface area contributed by atoms with Crippen molar-refractivity contribution in [3.63, 3.8) is 0 Å². The molecule has 1 heterocycles. The molecule has 1 aromatic carbocycles. The second-order valence-electron chi connectivity index (χ2n) is 6.53. The standard InChI is InChI=1S/C19H25BrO6/c1-11-12(2)18(24-14(4)22)19(26-17(11)10-23-13(3)21)25-16-7-5-15(9-20)6-8-16/h5-8,11-12,17-19H,9-10H2,1-4H3. The molecule has 5 unspecified atom stereocenters. The van der Waals surface area contributed by atoms with Gasteiger partial charge in [-0.3, -0.25) is 9.59 Å². The average molecular weight is 429 g/mol. The smallest absolute Gasteiger partial charge is 0.303 e. The Labute approximate surface area is 162 Å². The van der Waals surface area contributed by atoms with Crippen molar-refractivity contribution in [3.05, 3.63) is 29.8 Å². The first-order valence-corrected chi connectivity index (χ1v) is 9.71. The quantitative estimate of drug-likeness (QED) is 0.510. The molecule has 1 aliphatic rings. The summed E-state index contributed by atoms with van der Waals surface area (Å²) in [5, 5.41) is 0.752. The molecule has 0 spiro atoms. The van der Waals surface area contributed by atoms with Crippen LogP contribution < -0.4 is 4.74 Å². The number of benzene rings is 1. The van der Waals surface area contributed by atoms with E-state index in [4.69, 9.17) is 18.9 Å². The Hall–Kier alpha value is -1.60. The molecule has 1 aliphatic heterocycles. The summed E-state index contributed by atoms with van der Waals surface area (Å²) in [7, 11) is 0. The minimum absolute atomic E-state index is 0.0225. The fourth-order valence-corrected chi connectivity index (χ4v) is 3.26. The van der Waals surface area contributed by atoms with Crippen LogP contribution in [0.1, 0.15) is 33.3 Å². The zero-order valence-electron chi connectivity index (χ0n) is 15.4. The average Bonchev–Trinajstić information content (AvgIpc) is 2.60. The number of ether oxygens (including phenoxy) is 4. The summed E-state index contributed by atoms with van der Waals surface area (Å²) >= 11 is 3.40. The van der Waals surface area contributed by atoms with Gasteiger partial charge in [0.25, 0.3) is 0 Å². The highest BCUT2D eigenvalue weighted by molar-refractivity contribution is 9.08. The molecule has 7 heteroatoms. The van der Waals surface area contributed by atoms with Crippen molar-refractivity contribution in [2.45, 2.75) is 51.5 Å². The van der Waals surface area contributed by atoms with Crippen LogP contribution >= 0.6 is 15.9 Å². The molecule has 0 aromatic heterocycles. The van der Waals surface area contributed by atoms with Gasteiger partial charge in [-0.2, -0.15) is 0 Å². The molecule has 0 bridgehead atoms. The number of hydrogen-bond acceptors (Lipinski definition) is 6. The number of halogens is 1. The molecule has 144 valence electrons. The second kappa shape index (κ2) is 9.37. The van der Waals surface area contributed by atoms with E-state index in [0.29, 0.717) is 5.75 Å². The minimum Gasteiger partial charge on any atom is -0.463 e. The predicted octanol–water partition coefficient (Wildman–Crippen LogP) is 3.45. The molecule has 0 saturated carbocycles. The first-order chi connectivity index (χ1) is 12.3. The first-order valence-electron chi connectivity index (χ1n) is 8.59. The Kier molecular flexibility index (Phi) is 7.46. The van der Waals surface area contributed by atoms with Crippen molar-refractivity contribution in [2.24, 2.45) is 11.8 Å². The zero-order valence-corrected chi connectivity index (χ0v) is 17.0. The molecule has 0 radical (unpaired) electrons. The number of rotatable bonds is 6. The maximum atomic E-state index is 11.5. The maximum Gasteiger partial charge on any atom is 0.303 e. The van der Waals surface area contributed by atoms with Crippen LogP contribution in [0.4, 0.5) is 0 Å². The molecule has 26 heavy (non-hydrogen) atoms. The molecule has 2 rings (SSSR count). The van der Waals surface area contributed by atoms with Gasteiger partial charge in [0.1, 0.15) is 12.4 Å². The van der Waals surface area contributed by atoms with Gasteiger partial charge in [0.05, 0.1) is 6.10 Å². The molecule has 0 aliphatic carbocycles. The number of alkyl halides is 1. The first kappa shape index (κ1) is 20.7. The van der Waals surface area contributed by atoms with E-state index in [-0.39, 0.29) is 36.5 Å². The van der Waals surface area contributed by atoms with E-state index in [9.17, 15) is 9.59 Å². The zero-order chi connectivity index (χ0) is 19.3. The normalized spacial score (nSPS) is 28.3. The third-order valence-electron chi connectivity index (χ3n) is 4.59. The summed E-state index contributed by atoms with van der Waals surface area (Å²) in [4.78, 5) is 22.7. The highest BCUT2D eigenvalue weighted by Crippen LogP contribution is 2.34. The Morgan fingerprint density at radius 3 is 2.27 bits per heavy atom. The van der Waals surface area contributed by atoms with Crippen molar-refractivity contribution in [1.82, 2.24) is 0 Å². The third-order valence-corrected chi connectivity index (χ3v) is 5.24. The Bertz CT molecular complexity index is 615. The largest absolute Gasteiger partial charge is 0.463 e. The minimum atomic E-state index is -0.777. The van der Waals surface area contributed by atoms with Crippen LogP contribution in [0, 0.1) is 11.8 Å². The van der Waals surface area contributed by atoms with Crippen LogP contribution in [-0.4, -0.2) is 37.0 Å². The predicted molar refractivity (Wildman–Crippen MR) is 98.9 cm³/mol. The van der Waals surface area contributed by atoms with Crippen molar-refractivity contribution in [1.29, 1.82) is 0 Å². The highest BCUT2D eigenvalue weighted by atomic mass is 79.9. The third kappa shape index (κ3) is 5.45. The topological polar surface area (TPSA) is 71.1 Å². The summed E-state index contributed by atoms with van der Waals surface area (Å²) < 4.78 is 22.6. The lowest BCUT2D eigenvalue weighted by Gasteiger charge is -2.43. The highest BCUT2D eigenvalue weighted by Gasteiger charge is 2.45. The van der Waals surface area contributed by atoms with Crippen LogP contribution in [0.5, 0.6) is 5.75 Å². The van der Waals surface area contributed by atoms with E-state index in [1.807, 2.05) is 38.1 Å². The summed E-state index contributed by atoms with van der Waals surface area (Å²) in [6.07, 6.45) is -1.67. The van der Waals surface area contributed by atoms with Crippen molar-refractivity contribution >= 4 is 27.9 Å². The fraction of sp³-hybridized carbons (Fsp3) is 0.579. The van der Waals surface area contributed by atoms with E-state index in [1.54, 1.807) is 0 Å². The van der Waals surface area contributed by atoms with Gasteiger partial charge in [-0.15, -0.1) is 0 Å². The van der Waals surface area contributed by atoms with Gasteiger partial charge in [-0.25, -0.2) is 0 Å². The van der Waals surface area contributed by atoms with Crippen molar-refractivity contribution < 1.29 is 28.5 Å². The second-order valence-corrected chi connectivity index (χ2v) is 7.09. The molecular weight excluding hydrogens is 404 g/mol. The molecular formula is C19H25BrO6. The van der Waals surface area contributed by atoms with Gasteiger partial charge in [-0.1, -0.05) is 41.9 Å². The van der Waals surface area contributed by atoms with Gasteiger partial charge in [0, 0.05) is 25.1 Å². The van der Waals surface area contributed by atoms with Gasteiger partial charge in [0.15, 0.2) is 6.10 Å². The lowest BCUT2D eigenvalue weighted by molar-refractivity contribution is -0.253. The van der Waals surface area contributed by atoms with Crippen LogP contribution in [-0.2, 0) is 29.1 Å². The van der Waals surface area contributed by atoms with Crippen LogP contribution in [0.25, 0.3) is 0 Å². The van der Waals surface area contributed by atoms with Crippen LogP contribution in [0.2, 0.25) is 0 Å². The molecule has 0 amide bonds. The van der Waals surface area contributed by atoms with Gasteiger partial charge in [0.2, 0.25) is 6.29 Å². The van der Waals surface area contributed by atoms with E-state index in [0.717, 1.165) is 10.9 Å². The molecule has 1 saturated heterocycles. The Balaban J connectivity index is 2.17.